The summed E-state index contributed by atoms with van der Waals surface area (Å²) in [6.45, 7) is 4.20. The summed E-state index contributed by atoms with van der Waals surface area (Å²) in [5, 5.41) is 8.36. The molecular formula is C23H31N5. The first-order valence-electron chi connectivity index (χ1n) is 11.1. The van der Waals surface area contributed by atoms with Crippen molar-refractivity contribution in [1.82, 2.24) is 15.3 Å². The fraction of sp³-hybridized carbons (Fsp3) is 0.609. The summed E-state index contributed by atoms with van der Waals surface area (Å²) in [7, 11) is 0. The van der Waals surface area contributed by atoms with E-state index in [1.807, 2.05) is 0 Å². The Morgan fingerprint density at radius 2 is 1.96 bits per heavy atom. The van der Waals surface area contributed by atoms with Crippen molar-refractivity contribution >= 4 is 22.4 Å². The molecule has 5 heteroatoms. The Balaban J connectivity index is 1.38. The second kappa shape index (κ2) is 7.78. The van der Waals surface area contributed by atoms with E-state index in [0.717, 1.165) is 61.3 Å². The molecule has 0 spiro atoms. The lowest BCUT2D eigenvalue weighted by atomic mass is 9.87. The third-order valence-corrected chi connectivity index (χ3v) is 6.39. The maximum absolute atomic E-state index is 5.04. The van der Waals surface area contributed by atoms with Gasteiger partial charge in [0.1, 0.15) is 11.6 Å². The Bertz CT molecular complexity index is 870. The Kier molecular flexibility index (Phi) is 5.02. The standard InChI is InChI=1S/C23H31N5/c1-15-4-11-21-20(13-15)23(25-14-19-3-2-12-24-19)28-22(27-21)16-5-7-17(8-6-16)26-18-9-10-18/h4,11,13,16,18-19,24H,2-3,5-10,12,14H2,1H3,(H,25,27,28). The van der Waals surface area contributed by atoms with Gasteiger partial charge in [0.05, 0.1) is 11.6 Å². The van der Waals surface area contributed by atoms with Crippen LogP contribution in [0, 0.1) is 6.92 Å². The molecule has 0 bridgehead atoms. The number of nitrogens with zero attached hydrogens (tertiary/aromatic N) is 3. The minimum atomic E-state index is 0.453. The number of nitrogens with one attached hydrogen (secondary N) is 2. The molecular weight excluding hydrogens is 346 g/mol. The molecule has 0 amide bonds. The van der Waals surface area contributed by atoms with Gasteiger partial charge >= 0.3 is 0 Å². The second-order valence-electron chi connectivity index (χ2n) is 8.83. The quantitative estimate of drug-likeness (QED) is 0.812. The summed E-state index contributed by atoms with van der Waals surface area (Å²) in [6.07, 6.45) is 9.60. The van der Waals surface area contributed by atoms with Crippen molar-refractivity contribution < 1.29 is 0 Å². The normalized spacial score (nSPS) is 25.2. The molecule has 2 aromatic rings. The number of aliphatic imine (C=N–C) groups is 1. The van der Waals surface area contributed by atoms with Gasteiger partial charge in [0.15, 0.2) is 0 Å². The average molecular weight is 378 g/mol. The van der Waals surface area contributed by atoms with Crippen molar-refractivity contribution in [3.8, 4) is 0 Å². The summed E-state index contributed by atoms with van der Waals surface area (Å²) in [4.78, 5) is 14.9. The van der Waals surface area contributed by atoms with Crippen LogP contribution in [0.5, 0.6) is 0 Å². The van der Waals surface area contributed by atoms with Crippen LogP contribution >= 0.6 is 0 Å². The zero-order chi connectivity index (χ0) is 18.9. The van der Waals surface area contributed by atoms with Crippen LogP contribution < -0.4 is 10.6 Å². The topological polar surface area (TPSA) is 62.2 Å². The van der Waals surface area contributed by atoms with Gasteiger partial charge in [-0.05, 0) is 77.0 Å². The molecule has 3 aliphatic rings. The first-order valence-corrected chi connectivity index (χ1v) is 11.1. The lowest BCUT2D eigenvalue weighted by Gasteiger charge is -2.23. The van der Waals surface area contributed by atoms with E-state index in [4.69, 9.17) is 15.0 Å². The highest BCUT2D eigenvalue weighted by Crippen LogP contribution is 2.34. The molecule has 148 valence electrons. The van der Waals surface area contributed by atoms with Crippen LogP contribution in [-0.2, 0) is 0 Å². The van der Waals surface area contributed by atoms with Crippen LogP contribution in [0.1, 0.15) is 68.7 Å². The number of aryl methyl sites for hydroxylation is 1. The SMILES string of the molecule is Cc1ccc2nc(C3CCC(=NC4CC4)CC3)nc(NCC3CCCN3)c2c1. The lowest BCUT2D eigenvalue weighted by molar-refractivity contribution is 0.538. The number of fused-ring (bicyclic) bond motifs is 1. The monoisotopic (exact) mass is 377 g/mol. The highest BCUT2D eigenvalue weighted by molar-refractivity contribution is 5.90. The highest BCUT2D eigenvalue weighted by Gasteiger charge is 2.26. The molecule has 1 atom stereocenters. The van der Waals surface area contributed by atoms with Gasteiger partial charge in [0.2, 0.25) is 0 Å². The minimum absolute atomic E-state index is 0.453. The average Bonchev–Trinajstić information content (AvgIpc) is 3.37. The van der Waals surface area contributed by atoms with Crippen molar-refractivity contribution in [2.75, 3.05) is 18.4 Å². The summed E-state index contributed by atoms with van der Waals surface area (Å²) in [6, 6.07) is 7.71. The van der Waals surface area contributed by atoms with Gasteiger partial charge in [-0.15, -0.1) is 0 Å². The Morgan fingerprint density at radius 1 is 1.11 bits per heavy atom. The van der Waals surface area contributed by atoms with E-state index in [1.165, 1.54) is 37.0 Å². The molecule has 1 aliphatic heterocycles. The summed E-state index contributed by atoms with van der Waals surface area (Å²) < 4.78 is 0. The third kappa shape index (κ3) is 4.04. The van der Waals surface area contributed by atoms with E-state index in [0.29, 0.717) is 18.0 Å². The van der Waals surface area contributed by atoms with E-state index in [1.54, 1.807) is 0 Å². The predicted octanol–water partition coefficient (Wildman–Crippen LogP) is 4.36. The number of hydrogen-bond donors (Lipinski definition) is 2. The molecule has 2 heterocycles. The van der Waals surface area contributed by atoms with Gasteiger partial charge in [-0.25, -0.2) is 9.97 Å². The summed E-state index contributed by atoms with van der Waals surface area (Å²) >= 11 is 0. The molecule has 5 rings (SSSR count). The number of benzene rings is 1. The fourth-order valence-electron chi connectivity index (χ4n) is 4.53. The van der Waals surface area contributed by atoms with Gasteiger partial charge in [-0.1, -0.05) is 11.6 Å². The molecule has 28 heavy (non-hydrogen) atoms. The van der Waals surface area contributed by atoms with Crippen molar-refractivity contribution in [3.63, 3.8) is 0 Å². The van der Waals surface area contributed by atoms with Crippen LogP contribution in [0.4, 0.5) is 5.82 Å². The van der Waals surface area contributed by atoms with Crippen molar-refractivity contribution in [1.29, 1.82) is 0 Å². The Labute approximate surface area is 167 Å². The molecule has 0 radical (unpaired) electrons. The van der Waals surface area contributed by atoms with Crippen LogP contribution in [0.2, 0.25) is 0 Å². The molecule has 1 saturated heterocycles. The second-order valence-corrected chi connectivity index (χ2v) is 8.83. The van der Waals surface area contributed by atoms with E-state index < -0.39 is 0 Å². The number of anilines is 1. The van der Waals surface area contributed by atoms with Crippen LogP contribution in [0.15, 0.2) is 23.2 Å². The number of hydrogen-bond acceptors (Lipinski definition) is 5. The van der Waals surface area contributed by atoms with E-state index in [2.05, 4.69) is 35.8 Å². The van der Waals surface area contributed by atoms with Crippen LogP contribution in [0.25, 0.3) is 10.9 Å². The maximum atomic E-state index is 5.04. The van der Waals surface area contributed by atoms with Crippen LogP contribution in [-0.4, -0.2) is 40.9 Å². The third-order valence-electron chi connectivity index (χ3n) is 6.39. The Hall–Kier alpha value is -2.01. The molecule has 1 aromatic heterocycles. The molecule has 2 saturated carbocycles. The van der Waals surface area contributed by atoms with Gasteiger partial charge in [-0.2, -0.15) is 0 Å². The minimum Gasteiger partial charge on any atom is -0.368 e. The lowest BCUT2D eigenvalue weighted by Crippen LogP contribution is -2.29. The smallest absolute Gasteiger partial charge is 0.137 e. The first-order chi connectivity index (χ1) is 13.7. The molecule has 3 fully saturated rings. The van der Waals surface area contributed by atoms with Gasteiger partial charge in [0, 0.05) is 29.6 Å². The van der Waals surface area contributed by atoms with Crippen molar-refractivity contribution in [3.05, 3.63) is 29.6 Å². The Morgan fingerprint density at radius 3 is 2.71 bits per heavy atom. The zero-order valence-corrected chi connectivity index (χ0v) is 16.9. The van der Waals surface area contributed by atoms with E-state index >= 15 is 0 Å². The zero-order valence-electron chi connectivity index (χ0n) is 16.9. The highest BCUT2D eigenvalue weighted by atomic mass is 15.1. The van der Waals surface area contributed by atoms with Gasteiger partial charge in [0.25, 0.3) is 0 Å². The summed E-state index contributed by atoms with van der Waals surface area (Å²) in [5.41, 5.74) is 3.75. The van der Waals surface area contributed by atoms with Gasteiger partial charge < -0.3 is 10.6 Å². The molecule has 2 N–H and O–H groups in total. The van der Waals surface area contributed by atoms with E-state index in [9.17, 15) is 0 Å². The number of rotatable bonds is 5. The van der Waals surface area contributed by atoms with Crippen molar-refractivity contribution in [2.45, 2.75) is 76.3 Å². The van der Waals surface area contributed by atoms with Crippen molar-refractivity contribution in [2.24, 2.45) is 4.99 Å². The number of aromatic nitrogens is 2. The molecule has 1 unspecified atom stereocenters. The largest absolute Gasteiger partial charge is 0.368 e. The van der Waals surface area contributed by atoms with Crippen LogP contribution in [0.3, 0.4) is 0 Å². The van der Waals surface area contributed by atoms with Gasteiger partial charge in [-0.3, -0.25) is 4.99 Å². The molecule has 2 aliphatic carbocycles. The molecule has 5 nitrogen and oxygen atoms in total. The maximum Gasteiger partial charge on any atom is 0.137 e. The molecule has 1 aromatic carbocycles. The summed E-state index contributed by atoms with van der Waals surface area (Å²) in [5.74, 6) is 2.48. The van der Waals surface area contributed by atoms with E-state index in [-0.39, 0.29) is 0 Å². The predicted molar refractivity (Wildman–Crippen MR) is 115 cm³/mol. The fourth-order valence-corrected chi connectivity index (χ4v) is 4.53. The first kappa shape index (κ1) is 18.0.